The molecular formula is C16H28N2O2S. The number of hydrogen-bond donors (Lipinski definition) is 1. The maximum atomic E-state index is 12.2. The lowest BCUT2D eigenvalue weighted by Gasteiger charge is -2.30. The fraction of sp³-hybridized carbons (Fsp3) is 0.688. The summed E-state index contributed by atoms with van der Waals surface area (Å²) >= 11 is 1.70. The van der Waals surface area contributed by atoms with Gasteiger partial charge in [0.15, 0.2) is 0 Å². The Morgan fingerprint density at radius 1 is 1.38 bits per heavy atom. The first-order chi connectivity index (χ1) is 9.70. The van der Waals surface area contributed by atoms with Crippen molar-refractivity contribution in [3.05, 3.63) is 22.4 Å². The van der Waals surface area contributed by atoms with Crippen LogP contribution in [0.3, 0.4) is 0 Å². The summed E-state index contributed by atoms with van der Waals surface area (Å²) < 4.78 is 5.45. The molecule has 1 aromatic rings. The molecule has 0 radical (unpaired) electrons. The average Bonchev–Trinajstić information content (AvgIpc) is 2.85. The standard InChI is InChI=1S/C16H28N2O2S/c1-12(2)18(15(19)20-16(4,5)6)9-8-17-13(3)14-7-10-21-11-14/h7,10-13,17H,8-9H2,1-6H3. The van der Waals surface area contributed by atoms with E-state index in [1.807, 2.05) is 34.6 Å². The third-order valence-electron chi connectivity index (χ3n) is 3.10. The number of carbonyl (C=O) groups excluding carboxylic acids is 1. The van der Waals surface area contributed by atoms with E-state index in [-0.39, 0.29) is 12.1 Å². The van der Waals surface area contributed by atoms with Crippen molar-refractivity contribution in [1.82, 2.24) is 10.2 Å². The second-order valence-electron chi connectivity index (χ2n) is 6.50. The Morgan fingerprint density at radius 3 is 2.52 bits per heavy atom. The lowest BCUT2D eigenvalue weighted by molar-refractivity contribution is 0.0192. The first kappa shape index (κ1) is 18.0. The fourth-order valence-corrected chi connectivity index (χ4v) is 2.68. The van der Waals surface area contributed by atoms with Crippen LogP contribution in [0.15, 0.2) is 16.8 Å². The lowest BCUT2D eigenvalue weighted by Crippen LogP contribution is -2.44. The van der Waals surface area contributed by atoms with Gasteiger partial charge in [-0.25, -0.2) is 4.79 Å². The minimum absolute atomic E-state index is 0.123. The summed E-state index contributed by atoms with van der Waals surface area (Å²) in [5, 5.41) is 7.67. The molecule has 0 aliphatic carbocycles. The summed E-state index contributed by atoms with van der Waals surface area (Å²) in [5.41, 5.74) is 0.829. The van der Waals surface area contributed by atoms with Crippen molar-refractivity contribution in [2.24, 2.45) is 0 Å². The van der Waals surface area contributed by atoms with Crippen LogP contribution in [0.4, 0.5) is 4.79 Å². The van der Waals surface area contributed by atoms with Crippen molar-refractivity contribution in [3.8, 4) is 0 Å². The van der Waals surface area contributed by atoms with Gasteiger partial charge in [-0.3, -0.25) is 0 Å². The molecule has 0 aliphatic heterocycles. The second kappa shape index (κ2) is 7.80. The maximum absolute atomic E-state index is 12.2. The molecule has 1 amide bonds. The van der Waals surface area contributed by atoms with Crippen LogP contribution in [0, 0.1) is 0 Å². The molecule has 1 heterocycles. The smallest absolute Gasteiger partial charge is 0.410 e. The van der Waals surface area contributed by atoms with E-state index in [0.29, 0.717) is 12.6 Å². The number of thiophene rings is 1. The molecule has 0 fully saturated rings. The van der Waals surface area contributed by atoms with E-state index >= 15 is 0 Å². The number of rotatable bonds is 6. The second-order valence-corrected chi connectivity index (χ2v) is 7.28. The van der Waals surface area contributed by atoms with Gasteiger partial charge in [-0.2, -0.15) is 11.3 Å². The van der Waals surface area contributed by atoms with E-state index in [4.69, 9.17) is 4.74 Å². The van der Waals surface area contributed by atoms with Gasteiger partial charge in [-0.05, 0) is 63.9 Å². The zero-order valence-corrected chi connectivity index (χ0v) is 14.8. The van der Waals surface area contributed by atoms with Crippen LogP contribution in [-0.4, -0.2) is 35.7 Å². The van der Waals surface area contributed by atoms with Gasteiger partial charge < -0.3 is 15.0 Å². The first-order valence-corrected chi connectivity index (χ1v) is 8.40. The molecule has 0 aliphatic rings. The first-order valence-electron chi connectivity index (χ1n) is 7.46. The van der Waals surface area contributed by atoms with E-state index < -0.39 is 5.60 Å². The molecule has 0 saturated carbocycles. The molecule has 1 rings (SSSR count). The van der Waals surface area contributed by atoms with Crippen molar-refractivity contribution in [3.63, 3.8) is 0 Å². The predicted molar refractivity (Wildman–Crippen MR) is 88.8 cm³/mol. The highest BCUT2D eigenvalue weighted by Gasteiger charge is 2.23. The third-order valence-corrected chi connectivity index (χ3v) is 3.80. The zero-order chi connectivity index (χ0) is 16.0. The topological polar surface area (TPSA) is 41.6 Å². The highest BCUT2D eigenvalue weighted by atomic mass is 32.1. The molecule has 0 aromatic carbocycles. The summed E-state index contributed by atoms with van der Waals surface area (Å²) in [6, 6.07) is 2.54. The minimum Gasteiger partial charge on any atom is -0.444 e. The normalized spacial score (nSPS) is 13.3. The van der Waals surface area contributed by atoms with E-state index in [0.717, 1.165) is 6.54 Å². The number of carbonyl (C=O) groups is 1. The molecule has 5 heteroatoms. The van der Waals surface area contributed by atoms with Crippen LogP contribution in [0.2, 0.25) is 0 Å². The van der Waals surface area contributed by atoms with Crippen LogP contribution in [0.25, 0.3) is 0 Å². The Balaban J connectivity index is 2.46. The summed E-state index contributed by atoms with van der Waals surface area (Å²) in [7, 11) is 0. The van der Waals surface area contributed by atoms with Crippen LogP contribution in [0.5, 0.6) is 0 Å². The Hall–Kier alpha value is -1.07. The Labute approximate surface area is 132 Å². The zero-order valence-electron chi connectivity index (χ0n) is 14.0. The summed E-state index contributed by atoms with van der Waals surface area (Å²) in [6.07, 6.45) is -0.248. The molecule has 4 nitrogen and oxygen atoms in total. The van der Waals surface area contributed by atoms with E-state index in [2.05, 4.69) is 29.1 Å². The van der Waals surface area contributed by atoms with Crippen molar-refractivity contribution >= 4 is 17.4 Å². The highest BCUT2D eigenvalue weighted by Crippen LogP contribution is 2.15. The van der Waals surface area contributed by atoms with Crippen LogP contribution in [0.1, 0.15) is 53.1 Å². The van der Waals surface area contributed by atoms with E-state index in [9.17, 15) is 4.79 Å². The highest BCUT2D eigenvalue weighted by molar-refractivity contribution is 7.07. The number of ether oxygens (including phenoxy) is 1. The molecular weight excluding hydrogens is 284 g/mol. The summed E-state index contributed by atoms with van der Waals surface area (Å²) in [4.78, 5) is 13.9. The molecule has 21 heavy (non-hydrogen) atoms. The van der Waals surface area contributed by atoms with Gasteiger partial charge in [-0.1, -0.05) is 0 Å². The van der Waals surface area contributed by atoms with Crippen molar-refractivity contribution in [2.75, 3.05) is 13.1 Å². The molecule has 1 aromatic heterocycles. The maximum Gasteiger partial charge on any atom is 0.410 e. The Kier molecular flexibility index (Phi) is 6.68. The number of hydrogen-bond acceptors (Lipinski definition) is 4. The van der Waals surface area contributed by atoms with Gasteiger partial charge in [0, 0.05) is 25.2 Å². The minimum atomic E-state index is -0.457. The van der Waals surface area contributed by atoms with Gasteiger partial charge in [0.05, 0.1) is 0 Å². The van der Waals surface area contributed by atoms with Gasteiger partial charge in [0.1, 0.15) is 5.60 Å². The van der Waals surface area contributed by atoms with Crippen LogP contribution >= 0.6 is 11.3 Å². The van der Waals surface area contributed by atoms with Crippen molar-refractivity contribution in [2.45, 2.75) is 59.2 Å². The largest absolute Gasteiger partial charge is 0.444 e. The predicted octanol–water partition coefficient (Wildman–Crippen LogP) is 4.04. The van der Waals surface area contributed by atoms with Crippen molar-refractivity contribution in [1.29, 1.82) is 0 Å². The monoisotopic (exact) mass is 312 g/mol. The average molecular weight is 312 g/mol. The summed E-state index contributed by atoms with van der Waals surface area (Å²) in [5.74, 6) is 0. The lowest BCUT2D eigenvalue weighted by atomic mass is 10.2. The third kappa shape index (κ3) is 6.48. The fourth-order valence-electron chi connectivity index (χ4n) is 1.92. The summed E-state index contributed by atoms with van der Waals surface area (Å²) in [6.45, 7) is 13.2. The van der Waals surface area contributed by atoms with E-state index in [1.165, 1.54) is 5.56 Å². The SMILES string of the molecule is CC(NCCN(C(=O)OC(C)(C)C)C(C)C)c1ccsc1. The Morgan fingerprint density at radius 2 is 2.05 bits per heavy atom. The molecule has 1 N–H and O–H groups in total. The number of amides is 1. The molecule has 1 atom stereocenters. The van der Waals surface area contributed by atoms with Crippen LogP contribution in [-0.2, 0) is 4.74 Å². The molecule has 1 unspecified atom stereocenters. The number of nitrogens with zero attached hydrogens (tertiary/aromatic N) is 1. The molecule has 0 bridgehead atoms. The Bertz CT molecular complexity index is 424. The van der Waals surface area contributed by atoms with Crippen LogP contribution < -0.4 is 5.32 Å². The van der Waals surface area contributed by atoms with Gasteiger partial charge in [0.2, 0.25) is 0 Å². The van der Waals surface area contributed by atoms with Gasteiger partial charge in [-0.15, -0.1) is 0 Å². The molecule has 0 spiro atoms. The quantitative estimate of drug-likeness (QED) is 0.862. The van der Waals surface area contributed by atoms with Gasteiger partial charge in [0.25, 0.3) is 0 Å². The molecule has 120 valence electrons. The van der Waals surface area contributed by atoms with Crippen molar-refractivity contribution < 1.29 is 9.53 Å². The van der Waals surface area contributed by atoms with E-state index in [1.54, 1.807) is 16.2 Å². The number of nitrogens with one attached hydrogen (secondary N) is 1. The molecule has 0 saturated heterocycles. The van der Waals surface area contributed by atoms with Gasteiger partial charge >= 0.3 is 6.09 Å².